The monoisotopic (exact) mass is 375 g/mol. The molecule has 0 radical (unpaired) electrons. The molecule has 0 spiro atoms. The van der Waals surface area contributed by atoms with Crippen LogP contribution in [0.5, 0.6) is 0 Å². The summed E-state index contributed by atoms with van der Waals surface area (Å²) in [7, 11) is 0. The fourth-order valence-electron chi connectivity index (χ4n) is 3.69. The van der Waals surface area contributed by atoms with Crippen molar-refractivity contribution in [1.82, 2.24) is 14.9 Å². The van der Waals surface area contributed by atoms with Gasteiger partial charge in [-0.1, -0.05) is 31.4 Å². The Labute approximate surface area is 157 Å². The molecule has 0 saturated heterocycles. The average molecular weight is 375 g/mol. The van der Waals surface area contributed by atoms with Crippen LogP contribution in [0.15, 0.2) is 29.1 Å². The number of aromatic amines is 1. The third-order valence-corrected chi connectivity index (χ3v) is 5.51. The number of nitrogens with zero attached hydrogens (tertiary/aromatic N) is 1. The number of carbonyl (C=O) groups excluding carboxylic acids is 1. The third kappa shape index (κ3) is 4.22. The van der Waals surface area contributed by atoms with Crippen LogP contribution in [0.25, 0.3) is 10.9 Å². The Balaban J connectivity index is 1.69. The molecular weight excluding hydrogens is 350 g/mol. The summed E-state index contributed by atoms with van der Waals surface area (Å²) in [4.78, 5) is 28.0. The second kappa shape index (κ2) is 8.60. The maximum absolute atomic E-state index is 12.6. The highest BCUT2D eigenvalue weighted by Gasteiger charge is 2.24. The first-order valence-corrected chi connectivity index (χ1v) is 9.63. The van der Waals surface area contributed by atoms with Gasteiger partial charge in [0.2, 0.25) is 5.91 Å². The van der Waals surface area contributed by atoms with E-state index in [1.165, 1.54) is 4.57 Å². The molecule has 26 heavy (non-hydrogen) atoms. The lowest BCUT2D eigenvalue weighted by atomic mass is 9.95. The van der Waals surface area contributed by atoms with Crippen molar-refractivity contribution in [3.05, 3.63) is 39.4 Å². The number of aliphatic hydroxyl groups excluding tert-OH is 1. The summed E-state index contributed by atoms with van der Waals surface area (Å²) in [5, 5.41) is 13.2. The summed E-state index contributed by atoms with van der Waals surface area (Å²) < 4.78 is 1.76. The number of aromatic nitrogens is 2. The van der Waals surface area contributed by atoms with Crippen LogP contribution in [0.2, 0.25) is 0 Å². The van der Waals surface area contributed by atoms with Crippen molar-refractivity contribution in [3.8, 4) is 0 Å². The van der Waals surface area contributed by atoms with Gasteiger partial charge >= 0.3 is 0 Å². The van der Waals surface area contributed by atoms with E-state index in [2.05, 4.69) is 10.3 Å². The standard InChI is InChI=1S/C19H25N3O3S/c23-12-13-6-2-1-3-8-15(13)20-17(24)10-11-22-18(25)14-7-4-5-9-16(14)21-19(22)26/h4-5,7,9,13,15,23H,1-3,6,8,10-12H2,(H,20,24)(H,21,26)/t13-,15-/m1/s1. The molecule has 0 unspecified atom stereocenters. The zero-order chi connectivity index (χ0) is 18.5. The number of rotatable bonds is 5. The molecule has 3 rings (SSSR count). The van der Waals surface area contributed by atoms with Crippen LogP contribution in [0, 0.1) is 10.7 Å². The number of hydrogen-bond acceptors (Lipinski definition) is 4. The van der Waals surface area contributed by atoms with E-state index in [0.29, 0.717) is 15.7 Å². The van der Waals surface area contributed by atoms with Crippen LogP contribution in [-0.2, 0) is 11.3 Å². The number of amides is 1. The van der Waals surface area contributed by atoms with Crippen LogP contribution in [0.3, 0.4) is 0 Å². The van der Waals surface area contributed by atoms with Gasteiger partial charge in [0.05, 0.1) is 10.9 Å². The molecule has 1 aliphatic rings. The molecular formula is C19H25N3O3S. The fraction of sp³-hybridized carbons (Fsp3) is 0.526. The molecule has 1 aliphatic carbocycles. The Hall–Kier alpha value is -1.99. The number of hydrogen-bond donors (Lipinski definition) is 3. The van der Waals surface area contributed by atoms with Gasteiger partial charge in [0.25, 0.3) is 5.56 Å². The van der Waals surface area contributed by atoms with E-state index in [1.54, 1.807) is 12.1 Å². The molecule has 6 nitrogen and oxygen atoms in total. The summed E-state index contributed by atoms with van der Waals surface area (Å²) in [5.74, 6) is 0.0116. The van der Waals surface area contributed by atoms with Crippen molar-refractivity contribution in [2.75, 3.05) is 6.61 Å². The zero-order valence-electron chi connectivity index (χ0n) is 14.7. The van der Waals surface area contributed by atoms with E-state index in [1.807, 2.05) is 12.1 Å². The predicted molar refractivity (Wildman–Crippen MR) is 104 cm³/mol. The topological polar surface area (TPSA) is 87.1 Å². The highest BCUT2D eigenvalue weighted by atomic mass is 32.1. The predicted octanol–water partition coefficient (Wildman–Crippen LogP) is 2.51. The van der Waals surface area contributed by atoms with Gasteiger partial charge in [0.15, 0.2) is 4.77 Å². The first kappa shape index (κ1) is 18.8. The van der Waals surface area contributed by atoms with Gasteiger partial charge < -0.3 is 15.4 Å². The van der Waals surface area contributed by atoms with E-state index >= 15 is 0 Å². The Morgan fingerprint density at radius 3 is 2.85 bits per heavy atom. The van der Waals surface area contributed by atoms with Crippen LogP contribution in [-0.4, -0.2) is 33.2 Å². The molecule has 1 amide bonds. The number of para-hydroxylation sites is 1. The first-order chi connectivity index (χ1) is 12.6. The minimum atomic E-state index is -0.181. The van der Waals surface area contributed by atoms with Crippen molar-refractivity contribution >= 4 is 29.0 Å². The third-order valence-electron chi connectivity index (χ3n) is 5.19. The molecule has 3 N–H and O–H groups in total. The van der Waals surface area contributed by atoms with Crippen molar-refractivity contribution in [3.63, 3.8) is 0 Å². The molecule has 2 aromatic rings. The highest BCUT2D eigenvalue weighted by molar-refractivity contribution is 7.71. The van der Waals surface area contributed by atoms with Crippen molar-refractivity contribution in [2.24, 2.45) is 5.92 Å². The summed E-state index contributed by atoms with van der Waals surface area (Å²) in [6.45, 7) is 0.335. The fourth-order valence-corrected chi connectivity index (χ4v) is 3.97. The van der Waals surface area contributed by atoms with Crippen LogP contribution < -0.4 is 10.9 Å². The molecule has 1 aromatic carbocycles. The largest absolute Gasteiger partial charge is 0.396 e. The Morgan fingerprint density at radius 1 is 1.27 bits per heavy atom. The molecule has 1 saturated carbocycles. The normalized spacial score (nSPS) is 20.7. The van der Waals surface area contributed by atoms with Gasteiger partial charge in [-0.25, -0.2) is 0 Å². The zero-order valence-corrected chi connectivity index (χ0v) is 15.6. The van der Waals surface area contributed by atoms with Crippen molar-refractivity contribution in [1.29, 1.82) is 0 Å². The molecule has 7 heteroatoms. The molecule has 1 aromatic heterocycles. The summed E-state index contributed by atoms with van der Waals surface area (Å²) in [5.41, 5.74) is 0.521. The summed E-state index contributed by atoms with van der Waals surface area (Å²) >= 11 is 5.28. The van der Waals surface area contributed by atoms with Crippen LogP contribution >= 0.6 is 12.2 Å². The number of benzene rings is 1. The molecule has 1 heterocycles. The van der Waals surface area contributed by atoms with E-state index < -0.39 is 0 Å². The minimum Gasteiger partial charge on any atom is -0.396 e. The van der Waals surface area contributed by atoms with E-state index in [4.69, 9.17) is 12.2 Å². The average Bonchev–Trinajstić information content (AvgIpc) is 2.86. The quantitative estimate of drug-likeness (QED) is 0.554. The van der Waals surface area contributed by atoms with E-state index in [-0.39, 0.29) is 43.0 Å². The first-order valence-electron chi connectivity index (χ1n) is 9.22. The van der Waals surface area contributed by atoms with Gasteiger partial charge in [-0.3, -0.25) is 14.2 Å². The van der Waals surface area contributed by atoms with E-state index in [0.717, 1.165) is 32.1 Å². The lowest BCUT2D eigenvalue weighted by molar-refractivity contribution is -0.122. The maximum Gasteiger partial charge on any atom is 0.262 e. The van der Waals surface area contributed by atoms with Gasteiger partial charge in [-0.05, 0) is 37.2 Å². The number of fused-ring (bicyclic) bond motifs is 1. The Kier molecular flexibility index (Phi) is 6.21. The van der Waals surface area contributed by atoms with Gasteiger partial charge in [0.1, 0.15) is 0 Å². The maximum atomic E-state index is 12.6. The second-order valence-electron chi connectivity index (χ2n) is 6.94. The lowest BCUT2D eigenvalue weighted by Gasteiger charge is -2.24. The lowest BCUT2D eigenvalue weighted by Crippen LogP contribution is -2.41. The molecule has 1 fully saturated rings. The molecule has 0 bridgehead atoms. The van der Waals surface area contributed by atoms with Crippen molar-refractivity contribution < 1.29 is 9.90 Å². The highest BCUT2D eigenvalue weighted by Crippen LogP contribution is 2.23. The van der Waals surface area contributed by atoms with Crippen molar-refractivity contribution in [2.45, 2.75) is 51.1 Å². The number of carbonyl (C=O) groups is 1. The number of nitrogens with one attached hydrogen (secondary N) is 2. The number of H-pyrrole nitrogens is 1. The second-order valence-corrected chi connectivity index (χ2v) is 7.32. The molecule has 0 aliphatic heterocycles. The summed E-state index contributed by atoms with van der Waals surface area (Å²) in [6.07, 6.45) is 5.33. The smallest absolute Gasteiger partial charge is 0.262 e. The van der Waals surface area contributed by atoms with Gasteiger partial charge in [0, 0.05) is 31.5 Å². The van der Waals surface area contributed by atoms with E-state index in [9.17, 15) is 14.7 Å². The van der Waals surface area contributed by atoms with Gasteiger partial charge in [-0.2, -0.15) is 0 Å². The SMILES string of the molecule is O=C(CCn1c(=S)[nH]c2ccccc2c1=O)N[C@@H]1CCCCC[C@@H]1CO. The van der Waals surface area contributed by atoms with Gasteiger partial charge in [-0.15, -0.1) is 0 Å². The molecule has 2 atom stereocenters. The summed E-state index contributed by atoms with van der Waals surface area (Å²) in [6, 6.07) is 7.22. The molecule has 140 valence electrons. The Morgan fingerprint density at radius 2 is 2.04 bits per heavy atom. The minimum absolute atomic E-state index is 0.0119. The Bertz CT molecular complexity index is 889. The van der Waals surface area contributed by atoms with Crippen LogP contribution in [0.1, 0.15) is 38.5 Å². The number of aliphatic hydroxyl groups is 1. The van der Waals surface area contributed by atoms with Crippen LogP contribution in [0.4, 0.5) is 0 Å².